The van der Waals surface area contributed by atoms with E-state index < -0.39 is 0 Å². The predicted molar refractivity (Wildman–Crippen MR) is 99.9 cm³/mol. The second kappa shape index (κ2) is 7.68. The molecule has 0 spiro atoms. The molecule has 0 bridgehead atoms. The van der Waals surface area contributed by atoms with E-state index in [9.17, 15) is 4.79 Å². The van der Waals surface area contributed by atoms with E-state index in [1.54, 1.807) is 55.8 Å². The monoisotopic (exact) mass is 353 g/mol. The van der Waals surface area contributed by atoms with E-state index in [-0.39, 0.29) is 5.91 Å². The number of amides is 1. The predicted octanol–water partition coefficient (Wildman–Crippen LogP) is 4.74. The highest BCUT2D eigenvalue weighted by molar-refractivity contribution is 6.30. The Morgan fingerprint density at radius 1 is 0.960 bits per heavy atom. The molecule has 3 aromatic rings. The molecular weight excluding hydrogens is 338 g/mol. The minimum atomic E-state index is -0.238. The van der Waals surface area contributed by atoms with Crippen LogP contribution in [-0.2, 0) is 0 Å². The number of ether oxygens (including phenoxy) is 1. The van der Waals surface area contributed by atoms with Crippen molar-refractivity contribution in [2.45, 2.75) is 0 Å². The quantitative estimate of drug-likeness (QED) is 0.695. The van der Waals surface area contributed by atoms with Gasteiger partial charge in [0.25, 0.3) is 5.91 Å². The number of halogens is 1. The third kappa shape index (κ3) is 4.49. The highest BCUT2D eigenvalue weighted by atomic mass is 35.5. The maximum absolute atomic E-state index is 12.4. The normalized spacial score (nSPS) is 10.2. The Labute approximate surface area is 150 Å². The highest BCUT2D eigenvalue weighted by Gasteiger charge is 2.08. The summed E-state index contributed by atoms with van der Waals surface area (Å²) in [7, 11) is 1.60. The fraction of sp³-hybridized carbons (Fsp3) is 0.0526. The Balaban J connectivity index is 1.71. The zero-order valence-corrected chi connectivity index (χ0v) is 14.2. The third-order valence-electron chi connectivity index (χ3n) is 3.48. The second-order valence-electron chi connectivity index (χ2n) is 5.28. The summed E-state index contributed by atoms with van der Waals surface area (Å²) in [5.41, 5.74) is 2.71. The van der Waals surface area contributed by atoms with Gasteiger partial charge in [-0.25, -0.2) is 0 Å². The van der Waals surface area contributed by atoms with Crippen LogP contribution in [0.3, 0.4) is 0 Å². The molecule has 0 aliphatic heterocycles. The molecule has 2 aromatic carbocycles. The molecule has 1 aromatic heterocycles. The van der Waals surface area contributed by atoms with Crippen LogP contribution in [0, 0.1) is 0 Å². The van der Waals surface area contributed by atoms with Gasteiger partial charge in [0.1, 0.15) is 5.75 Å². The third-order valence-corrected chi connectivity index (χ3v) is 3.73. The van der Waals surface area contributed by atoms with Gasteiger partial charge in [0, 0.05) is 22.6 Å². The number of hydrogen-bond donors (Lipinski definition) is 2. The molecule has 5 nitrogen and oxygen atoms in total. The largest absolute Gasteiger partial charge is 0.497 e. The van der Waals surface area contributed by atoms with Crippen LogP contribution in [0.5, 0.6) is 5.75 Å². The number of carbonyl (C=O) groups excluding carboxylic acids is 1. The maximum atomic E-state index is 12.4. The molecule has 0 saturated carbocycles. The minimum Gasteiger partial charge on any atom is -0.497 e. The fourth-order valence-electron chi connectivity index (χ4n) is 2.21. The average molecular weight is 354 g/mol. The first-order valence-electron chi connectivity index (χ1n) is 7.57. The van der Waals surface area contributed by atoms with Crippen LogP contribution in [0.25, 0.3) is 0 Å². The smallest absolute Gasteiger partial charge is 0.257 e. The number of carbonyl (C=O) groups is 1. The highest BCUT2D eigenvalue weighted by Crippen LogP contribution is 2.20. The van der Waals surface area contributed by atoms with E-state index in [1.807, 2.05) is 12.1 Å². The van der Waals surface area contributed by atoms with Crippen LogP contribution >= 0.6 is 11.6 Å². The zero-order chi connectivity index (χ0) is 17.6. The zero-order valence-electron chi connectivity index (χ0n) is 13.5. The fourth-order valence-corrected chi connectivity index (χ4v) is 2.34. The Hall–Kier alpha value is -3.05. The molecule has 1 heterocycles. The number of nitrogens with one attached hydrogen (secondary N) is 2. The van der Waals surface area contributed by atoms with Gasteiger partial charge >= 0.3 is 0 Å². The van der Waals surface area contributed by atoms with Crippen molar-refractivity contribution in [2.75, 3.05) is 17.7 Å². The standard InChI is InChI=1S/C19H16ClN3O2/c1-25-18-8-6-16(7-9-18)23-19(24)13-10-17(12-21-11-13)22-15-4-2-14(20)3-5-15/h2-12,22H,1H3,(H,23,24). The van der Waals surface area contributed by atoms with E-state index >= 15 is 0 Å². The Kier molecular flexibility index (Phi) is 5.16. The Morgan fingerprint density at radius 2 is 1.64 bits per heavy atom. The molecule has 0 atom stereocenters. The molecule has 6 heteroatoms. The van der Waals surface area contributed by atoms with Crippen LogP contribution in [0.2, 0.25) is 5.02 Å². The summed E-state index contributed by atoms with van der Waals surface area (Å²) in [5, 5.41) is 6.68. The van der Waals surface area contributed by atoms with E-state index in [4.69, 9.17) is 16.3 Å². The van der Waals surface area contributed by atoms with E-state index in [1.165, 1.54) is 6.20 Å². The first-order chi connectivity index (χ1) is 12.1. The van der Waals surface area contributed by atoms with E-state index in [2.05, 4.69) is 15.6 Å². The van der Waals surface area contributed by atoms with Crippen molar-refractivity contribution >= 4 is 34.6 Å². The van der Waals surface area contributed by atoms with Gasteiger partial charge in [-0.05, 0) is 54.6 Å². The molecular formula is C19H16ClN3O2. The number of pyridine rings is 1. The number of benzene rings is 2. The van der Waals surface area contributed by atoms with Crippen molar-refractivity contribution in [3.63, 3.8) is 0 Å². The second-order valence-corrected chi connectivity index (χ2v) is 5.71. The van der Waals surface area contributed by atoms with Gasteiger partial charge in [-0.1, -0.05) is 11.6 Å². The molecule has 0 unspecified atom stereocenters. The summed E-state index contributed by atoms with van der Waals surface area (Å²) in [4.78, 5) is 16.5. The van der Waals surface area contributed by atoms with Crippen molar-refractivity contribution in [1.29, 1.82) is 0 Å². The Morgan fingerprint density at radius 3 is 2.32 bits per heavy atom. The van der Waals surface area contributed by atoms with E-state index in [0.717, 1.165) is 11.4 Å². The molecule has 25 heavy (non-hydrogen) atoms. The molecule has 1 amide bonds. The number of nitrogens with zero attached hydrogens (tertiary/aromatic N) is 1. The summed E-state index contributed by atoms with van der Waals surface area (Å²) in [6.07, 6.45) is 3.17. The molecule has 0 radical (unpaired) electrons. The number of hydrogen-bond acceptors (Lipinski definition) is 4. The molecule has 0 aliphatic carbocycles. The summed E-state index contributed by atoms with van der Waals surface area (Å²) in [5.74, 6) is 0.492. The average Bonchev–Trinajstić information content (AvgIpc) is 2.64. The lowest BCUT2D eigenvalue weighted by Gasteiger charge is -2.09. The van der Waals surface area contributed by atoms with Gasteiger partial charge in [0.2, 0.25) is 0 Å². The molecule has 0 fully saturated rings. The molecule has 0 aliphatic rings. The molecule has 0 saturated heterocycles. The van der Waals surface area contributed by atoms with Gasteiger partial charge in [0.15, 0.2) is 0 Å². The van der Waals surface area contributed by atoms with Crippen LogP contribution < -0.4 is 15.4 Å². The Bertz CT molecular complexity index is 865. The van der Waals surface area contributed by atoms with Gasteiger partial charge < -0.3 is 15.4 Å². The van der Waals surface area contributed by atoms with Gasteiger partial charge in [0.05, 0.1) is 24.6 Å². The minimum absolute atomic E-state index is 0.238. The van der Waals surface area contributed by atoms with Gasteiger partial charge in [-0.3, -0.25) is 9.78 Å². The number of aromatic nitrogens is 1. The first kappa shape index (κ1) is 16.8. The summed E-state index contributed by atoms with van der Waals surface area (Å²) < 4.78 is 5.10. The topological polar surface area (TPSA) is 63.2 Å². The molecule has 2 N–H and O–H groups in total. The van der Waals surface area contributed by atoms with Crippen LogP contribution in [-0.4, -0.2) is 18.0 Å². The van der Waals surface area contributed by atoms with Crippen molar-refractivity contribution in [1.82, 2.24) is 4.98 Å². The molecule has 3 rings (SSSR count). The lowest BCUT2D eigenvalue weighted by atomic mass is 10.2. The van der Waals surface area contributed by atoms with Crippen molar-refractivity contribution < 1.29 is 9.53 Å². The van der Waals surface area contributed by atoms with Crippen LogP contribution in [0.15, 0.2) is 67.0 Å². The van der Waals surface area contributed by atoms with Gasteiger partial charge in [-0.15, -0.1) is 0 Å². The maximum Gasteiger partial charge on any atom is 0.257 e. The number of anilines is 3. The van der Waals surface area contributed by atoms with Crippen molar-refractivity contribution in [3.05, 3.63) is 77.6 Å². The van der Waals surface area contributed by atoms with Crippen molar-refractivity contribution in [2.24, 2.45) is 0 Å². The summed E-state index contributed by atoms with van der Waals surface area (Å²) in [6, 6.07) is 16.1. The van der Waals surface area contributed by atoms with Gasteiger partial charge in [-0.2, -0.15) is 0 Å². The lowest BCUT2D eigenvalue weighted by Crippen LogP contribution is -2.12. The van der Waals surface area contributed by atoms with Crippen LogP contribution in [0.4, 0.5) is 17.1 Å². The molecule has 126 valence electrons. The van der Waals surface area contributed by atoms with E-state index in [0.29, 0.717) is 22.0 Å². The summed E-state index contributed by atoms with van der Waals surface area (Å²) in [6.45, 7) is 0. The first-order valence-corrected chi connectivity index (χ1v) is 7.95. The van der Waals surface area contributed by atoms with Crippen molar-refractivity contribution in [3.8, 4) is 5.75 Å². The SMILES string of the molecule is COc1ccc(NC(=O)c2cncc(Nc3ccc(Cl)cc3)c2)cc1. The van der Waals surface area contributed by atoms with Crippen LogP contribution in [0.1, 0.15) is 10.4 Å². The number of methoxy groups -OCH3 is 1. The summed E-state index contributed by atoms with van der Waals surface area (Å²) >= 11 is 5.88. The number of rotatable bonds is 5. The lowest BCUT2D eigenvalue weighted by molar-refractivity contribution is 0.102.